The van der Waals surface area contributed by atoms with E-state index in [2.05, 4.69) is 26.6 Å². The minimum atomic E-state index is -0.311. The molecule has 0 radical (unpaired) electrons. The summed E-state index contributed by atoms with van der Waals surface area (Å²) in [4.78, 5) is 23.9. The lowest BCUT2D eigenvalue weighted by Gasteiger charge is -2.09. The van der Waals surface area contributed by atoms with E-state index in [0.29, 0.717) is 28.1 Å². The smallest absolute Gasteiger partial charge is 0.262 e. The van der Waals surface area contributed by atoms with E-state index >= 15 is 0 Å². The number of anilines is 1. The summed E-state index contributed by atoms with van der Waals surface area (Å²) in [7, 11) is 0. The summed E-state index contributed by atoms with van der Waals surface area (Å²) in [5.41, 5.74) is 1.17. The van der Waals surface area contributed by atoms with Gasteiger partial charge < -0.3 is 15.4 Å². The second-order valence-electron chi connectivity index (χ2n) is 5.74. The topological polar surface area (TPSA) is 67.4 Å². The fourth-order valence-electron chi connectivity index (χ4n) is 2.13. The summed E-state index contributed by atoms with van der Waals surface area (Å²) in [6.07, 6.45) is 2.09. The van der Waals surface area contributed by atoms with Gasteiger partial charge in [-0.3, -0.25) is 9.59 Å². The van der Waals surface area contributed by atoms with Crippen molar-refractivity contribution >= 4 is 45.0 Å². The molecule has 0 aromatic heterocycles. The molecule has 0 aliphatic heterocycles. The zero-order chi connectivity index (χ0) is 17.8. The molecule has 0 saturated heterocycles. The summed E-state index contributed by atoms with van der Waals surface area (Å²) in [6, 6.07) is 12.2. The Morgan fingerprint density at radius 2 is 1.88 bits per heavy atom. The van der Waals surface area contributed by atoms with Crippen molar-refractivity contribution in [3.8, 4) is 5.75 Å². The molecule has 0 bridgehead atoms. The molecular formula is C18H16BrClN2O3. The number of ether oxygens (including phenoxy) is 1. The van der Waals surface area contributed by atoms with Crippen LogP contribution in [0, 0.1) is 0 Å². The van der Waals surface area contributed by atoms with Crippen LogP contribution in [0.2, 0.25) is 5.02 Å². The fraction of sp³-hybridized carbons (Fsp3) is 0.222. The Bertz CT molecular complexity index is 791. The lowest BCUT2D eigenvalue weighted by atomic mass is 10.2. The Balaban J connectivity index is 1.51. The lowest BCUT2D eigenvalue weighted by Crippen LogP contribution is -2.25. The Morgan fingerprint density at radius 3 is 2.52 bits per heavy atom. The number of amides is 2. The van der Waals surface area contributed by atoms with Gasteiger partial charge >= 0.3 is 0 Å². The molecular weight excluding hydrogens is 408 g/mol. The zero-order valence-electron chi connectivity index (χ0n) is 13.2. The molecule has 2 amide bonds. The second kappa shape index (κ2) is 7.89. The van der Waals surface area contributed by atoms with Crippen molar-refractivity contribution in [1.29, 1.82) is 0 Å². The minimum absolute atomic E-state index is 0.0893. The molecule has 2 aromatic carbocycles. The van der Waals surface area contributed by atoms with Crippen LogP contribution in [0.4, 0.5) is 5.69 Å². The first-order valence-electron chi connectivity index (χ1n) is 7.80. The molecule has 0 unspecified atom stereocenters. The van der Waals surface area contributed by atoms with Gasteiger partial charge in [-0.05, 0) is 55.3 Å². The maximum absolute atomic E-state index is 12.0. The third kappa shape index (κ3) is 5.21. The van der Waals surface area contributed by atoms with Crippen molar-refractivity contribution < 1.29 is 14.3 Å². The van der Waals surface area contributed by atoms with Crippen molar-refractivity contribution in [1.82, 2.24) is 5.32 Å². The van der Waals surface area contributed by atoms with Gasteiger partial charge in [0.1, 0.15) is 5.75 Å². The number of carbonyl (C=O) groups is 2. The number of rotatable bonds is 6. The Hall–Kier alpha value is -2.05. The standard InChI is InChI=1S/C18H16BrClN2O3/c19-12-3-8-16(15(20)9-12)25-10-17(23)21-13-4-1-11(2-5-13)18(24)22-14-6-7-14/h1-5,8-9,14H,6-7,10H2,(H,21,23)(H,22,24). The van der Waals surface area contributed by atoms with E-state index in [1.807, 2.05) is 0 Å². The van der Waals surface area contributed by atoms with E-state index in [4.69, 9.17) is 16.3 Å². The molecule has 0 spiro atoms. The average molecular weight is 424 g/mol. The van der Waals surface area contributed by atoms with Crippen LogP contribution in [0.1, 0.15) is 23.2 Å². The maximum Gasteiger partial charge on any atom is 0.262 e. The summed E-state index contributed by atoms with van der Waals surface area (Å²) in [6.45, 7) is -0.161. The highest BCUT2D eigenvalue weighted by molar-refractivity contribution is 9.10. The van der Waals surface area contributed by atoms with Gasteiger partial charge in [-0.15, -0.1) is 0 Å². The summed E-state index contributed by atoms with van der Waals surface area (Å²) in [5, 5.41) is 6.05. The SMILES string of the molecule is O=C(COc1ccc(Br)cc1Cl)Nc1ccc(C(=O)NC2CC2)cc1. The predicted molar refractivity (Wildman–Crippen MR) is 100 cm³/mol. The van der Waals surface area contributed by atoms with Crippen LogP contribution in [-0.2, 0) is 4.79 Å². The number of halogens is 2. The predicted octanol–water partition coefficient (Wildman–Crippen LogP) is 4.01. The molecule has 25 heavy (non-hydrogen) atoms. The molecule has 0 heterocycles. The van der Waals surface area contributed by atoms with Crippen LogP contribution in [0.3, 0.4) is 0 Å². The molecule has 130 valence electrons. The monoisotopic (exact) mass is 422 g/mol. The van der Waals surface area contributed by atoms with E-state index in [0.717, 1.165) is 17.3 Å². The third-order valence-corrected chi connectivity index (χ3v) is 4.38. The van der Waals surface area contributed by atoms with Crippen molar-refractivity contribution in [2.45, 2.75) is 18.9 Å². The zero-order valence-corrected chi connectivity index (χ0v) is 15.6. The van der Waals surface area contributed by atoms with Crippen LogP contribution in [0.15, 0.2) is 46.9 Å². The molecule has 1 fully saturated rings. The molecule has 1 saturated carbocycles. The number of hydrogen-bond donors (Lipinski definition) is 2. The van der Waals surface area contributed by atoms with E-state index in [9.17, 15) is 9.59 Å². The average Bonchev–Trinajstić information content (AvgIpc) is 3.38. The Labute approximate surface area is 158 Å². The first-order chi connectivity index (χ1) is 12.0. The van der Waals surface area contributed by atoms with Crippen molar-refractivity contribution in [2.24, 2.45) is 0 Å². The van der Waals surface area contributed by atoms with Gasteiger partial charge in [-0.25, -0.2) is 0 Å². The normalized spacial score (nSPS) is 13.2. The Morgan fingerprint density at radius 1 is 1.16 bits per heavy atom. The maximum atomic E-state index is 12.0. The Kier molecular flexibility index (Phi) is 5.60. The number of hydrogen-bond acceptors (Lipinski definition) is 3. The van der Waals surface area contributed by atoms with Crippen LogP contribution < -0.4 is 15.4 Å². The minimum Gasteiger partial charge on any atom is -0.482 e. The van der Waals surface area contributed by atoms with Gasteiger partial charge in [0.2, 0.25) is 0 Å². The molecule has 0 atom stereocenters. The molecule has 1 aliphatic carbocycles. The summed E-state index contributed by atoms with van der Waals surface area (Å²) >= 11 is 9.34. The third-order valence-electron chi connectivity index (χ3n) is 3.60. The number of benzene rings is 2. The molecule has 1 aliphatic rings. The lowest BCUT2D eigenvalue weighted by molar-refractivity contribution is -0.118. The fourth-order valence-corrected chi connectivity index (χ4v) is 2.86. The number of carbonyl (C=O) groups excluding carboxylic acids is 2. The van der Waals surface area contributed by atoms with E-state index < -0.39 is 0 Å². The van der Waals surface area contributed by atoms with Gasteiger partial charge in [0.15, 0.2) is 6.61 Å². The van der Waals surface area contributed by atoms with Gasteiger partial charge in [-0.2, -0.15) is 0 Å². The van der Waals surface area contributed by atoms with E-state index in [1.54, 1.807) is 42.5 Å². The van der Waals surface area contributed by atoms with E-state index in [-0.39, 0.29) is 18.4 Å². The highest BCUT2D eigenvalue weighted by Gasteiger charge is 2.23. The number of nitrogens with one attached hydrogen (secondary N) is 2. The molecule has 2 aromatic rings. The second-order valence-corrected chi connectivity index (χ2v) is 7.06. The quantitative estimate of drug-likeness (QED) is 0.737. The van der Waals surface area contributed by atoms with Crippen LogP contribution in [-0.4, -0.2) is 24.5 Å². The molecule has 3 rings (SSSR count). The van der Waals surface area contributed by atoms with Crippen molar-refractivity contribution in [3.63, 3.8) is 0 Å². The van der Waals surface area contributed by atoms with Crippen LogP contribution in [0.25, 0.3) is 0 Å². The van der Waals surface area contributed by atoms with Crippen LogP contribution in [0.5, 0.6) is 5.75 Å². The first-order valence-corrected chi connectivity index (χ1v) is 8.97. The van der Waals surface area contributed by atoms with Gasteiger partial charge in [0.25, 0.3) is 11.8 Å². The summed E-state index contributed by atoms with van der Waals surface area (Å²) < 4.78 is 6.24. The molecule has 2 N–H and O–H groups in total. The van der Waals surface area contributed by atoms with Crippen molar-refractivity contribution in [2.75, 3.05) is 11.9 Å². The van der Waals surface area contributed by atoms with Gasteiger partial charge in [0, 0.05) is 21.8 Å². The van der Waals surface area contributed by atoms with Gasteiger partial charge in [-0.1, -0.05) is 27.5 Å². The molecule has 7 heteroatoms. The summed E-state index contributed by atoms with van der Waals surface area (Å²) in [5.74, 6) is 0.0369. The van der Waals surface area contributed by atoms with Crippen molar-refractivity contribution in [3.05, 3.63) is 57.5 Å². The largest absolute Gasteiger partial charge is 0.482 e. The first kappa shape index (κ1) is 17.8. The molecule has 5 nitrogen and oxygen atoms in total. The highest BCUT2D eigenvalue weighted by atomic mass is 79.9. The van der Waals surface area contributed by atoms with Gasteiger partial charge in [0.05, 0.1) is 5.02 Å². The highest BCUT2D eigenvalue weighted by Crippen LogP contribution is 2.27. The van der Waals surface area contributed by atoms with Crippen LogP contribution >= 0.6 is 27.5 Å². The van der Waals surface area contributed by atoms with E-state index in [1.165, 1.54) is 0 Å².